The molecule has 4 heteroatoms. The molecule has 2 atom stereocenters. The summed E-state index contributed by atoms with van der Waals surface area (Å²) in [5, 5.41) is 11.3. The zero-order valence-electron chi connectivity index (χ0n) is 11.2. The summed E-state index contributed by atoms with van der Waals surface area (Å²) in [6.45, 7) is 8.54. The third kappa shape index (κ3) is 3.53. The summed E-state index contributed by atoms with van der Waals surface area (Å²) >= 11 is 12.3. The zero-order chi connectivity index (χ0) is 13.9. The molecule has 0 saturated carbocycles. The summed E-state index contributed by atoms with van der Waals surface area (Å²) in [4.78, 5) is 0. The Morgan fingerprint density at radius 1 is 1.17 bits per heavy atom. The molecule has 0 aromatic heterocycles. The molecule has 1 aromatic rings. The number of rotatable bonds is 5. The van der Waals surface area contributed by atoms with Gasteiger partial charge in [-0.2, -0.15) is 0 Å². The molecule has 18 heavy (non-hydrogen) atoms. The minimum absolute atomic E-state index is 0.108. The topological polar surface area (TPSA) is 29.5 Å². The van der Waals surface area contributed by atoms with E-state index in [1.54, 1.807) is 12.1 Å². The highest BCUT2D eigenvalue weighted by Gasteiger charge is 2.23. The number of hydrogen-bond acceptors (Lipinski definition) is 2. The lowest BCUT2D eigenvalue weighted by Crippen LogP contribution is -2.15. The maximum absolute atomic E-state index is 10.3. The van der Waals surface area contributed by atoms with Crippen molar-refractivity contribution < 1.29 is 9.84 Å². The Kier molecular flexibility index (Phi) is 5.77. The molecule has 0 aliphatic carbocycles. The second-order valence-electron chi connectivity index (χ2n) is 4.79. The van der Waals surface area contributed by atoms with Gasteiger partial charge in [-0.15, -0.1) is 0 Å². The number of aliphatic hydroxyl groups excluding tert-OH is 1. The van der Waals surface area contributed by atoms with Gasteiger partial charge in [0.05, 0.1) is 22.8 Å². The van der Waals surface area contributed by atoms with E-state index in [-0.39, 0.29) is 5.92 Å². The summed E-state index contributed by atoms with van der Waals surface area (Å²) in [6, 6.07) is 3.36. The SMILES string of the molecule is CCOc1cc(Cl)c(C(O)C(C)C(C)C)cc1Cl. The van der Waals surface area contributed by atoms with E-state index in [1.807, 2.05) is 13.8 Å². The van der Waals surface area contributed by atoms with Gasteiger partial charge in [0.15, 0.2) is 0 Å². The van der Waals surface area contributed by atoms with Gasteiger partial charge in [0.25, 0.3) is 0 Å². The average molecular weight is 291 g/mol. The highest BCUT2D eigenvalue weighted by atomic mass is 35.5. The monoisotopic (exact) mass is 290 g/mol. The molecule has 0 heterocycles. The normalized spacial score (nSPS) is 14.7. The second kappa shape index (κ2) is 6.65. The molecular weight excluding hydrogens is 271 g/mol. The van der Waals surface area contributed by atoms with Crippen LogP contribution in [0, 0.1) is 11.8 Å². The third-order valence-corrected chi connectivity index (χ3v) is 3.84. The summed E-state index contributed by atoms with van der Waals surface area (Å²) in [5.41, 5.74) is 0.659. The molecule has 1 aromatic carbocycles. The molecule has 0 bridgehead atoms. The molecule has 1 N–H and O–H groups in total. The van der Waals surface area contributed by atoms with Gasteiger partial charge < -0.3 is 9.84 Å². The van der Waals surface area contributed by atoms with Crippen LogP contribution in [0.15, 0.2) is 12.1 Å². The molecule has 1 rings (SSSR count). The minimum Gasteiger partial charge on any atom is -0.492 e. The van der Waals surface area contributed by atoms with Gasteiger partial charge >= 0.3 is 0 Å². The van der Waals surface area contributed by atoms with Crippen LogP contribution >= 0.6 is 23.2 Å². The molecule has 0 fully saturated rings. The summed E-state index contributed by atoms with van der Waals surface area (Å²) in [5.74, 6) is 1.02. The zero-order valence-corrected chi connectivity index (χ0v) is 12.7. The van der Waals surface area contributed by atoms with Gasteiger partial charge in [-0.1, -0.05) is 44.0 Å². The highest BCUT2D eigenvalue weighted by Crippen LogP contribution is 2.37. The lowest BCUT2D eigenvalue weighted by molar-refractivity contribution is 0.0921. The number of hydrogen-bond donors (Lipinski definition) is 1. The molecule has 2 unspecified atom stereocenters. The van der Waals surface area contributed by atoms with Crippen LogP contribution in [0.5, 0.6) is 5.75 Å². The third-order valence-electron chi connectivity index (χ3n) is 3.22. The van der Waals surface area contributed by atoms with Crippen molar-refractivity contribution in [2.24, 2.45) is 11.8 Å². The molecular formula is C14H20Cl2O2. The van der Waals surface area contributed by atoms with Gasteiger partial charge in [0.2, 0.25) is 0 Å². The standard InChI is InChI=1S/C14H20Cl2O2/c1-5-18-13-7-11(15)10(6-12(13)16)14(17)9(4)8(2)3/h6-9,14,17H,5H2,1-4H3. The lowest BCUT2D eigenvalue weighted by atomic mass is 9.88. The highest BCUT2D eigenvalue weighted by molar-refractivity contribution is 6.34. The lowest BCUT2D eigenvalue weighted by Gasteiger charge is -2.24. The van der Waals surface area contributed by atoms with E-state index in [2.05, 4.69) is 13.8 Å². The van der Waals surface area contributed by atoms with Crippen molar-refractivity contribution in [3.8, 4) is 5.75 Å². The maximum Gasteiger partial charge on any atom is 0.139 e. The first-order valence-corrected chi connectivity index (χ1v) is 6.93. The fourth-order valence-corrected chi connectivity index (χ4v) is 2.18. The first kappa shape index (κ1) is 15.6. The van der Waals surface area contributed by atoms with E-state index < -0.39 is 6.10 Å². The van der Waals surface area contributed by atoms with Gasteiger partial charge in [0, 0.05) is 11.6 Å². The number of benzene rings is 1. The Bertz CT molecular complexity index is 405. The summed E-state index contributed by atoms with van der Waals surface area (Å²) in [7, 11) is 0. The fraction of sp³-hybridized carbons (Fsp3) is 0.571. The Hall–Kier alpha value is -0.440. The van der Waals surface area contributed by atoms with Crippen molar-refractivity contribution in [3.63, 3.8) is 0 Å². The van der Waals surface area contributed by atoms with Crippen LogP contribution in [0.4, 0.5) is 0 Å². The van der Waals surface area contributed by atoms with E-state index in [9.17, 15) is 5.11 Å². The van der Waals surface area contributed by atoms with E-state index >= 15 is 0 Å². The summed E-state index contributed by atoms with van der Waals surface area (Å²) in [6.07, 6.45) is -0.620. The van der Waals surface area contributed by atoms with Crippen LogP contribution < -0.4 is 4.74 Å². The first-order chi connectivity index (χ1) is 8.38. The number of halogens is 2. The Balaban J connectivity index is 3.07. The first-order valence-electron chi connectivity index (χ1n) is 6.18. The molecule has 0 radical (unpaired) electrons. The van der Waals surface area contributed by atoms with Crippen molar-refractivity contribution in [3.05, 3.63) is 27.7 Å². The largest absolute Gasteiger partial charge is 0.492 e. The predicted molar refractivity (Wildman–Crippen MR) is 76.6 cm³/mol. The van der Waals surface area contributed by atoms with Crippen LogP contribution in [0.1, 0.15) is 39.4 Å². The minimum atomic E-state index is -0.620. The smallest absolute Gasteiger partial charge is 0.139 e. The second-order valence-corrected chi connectivity index (χ2v) is 5.60. The van der Waals surface area contributed by atoms with Gasteiger partial charge in [0.1, 0.15) is 5.75 Å². The molecule has 102 valence electrons. The van der Waals surface area contributed by atoms with Gasteiger partial charge in [-0.25, -0.2) is 0 Å². The molecule has 0 aliphatic heterocycles. The molecule has 2 nitrogen and oxygen atoms in total. The Morgan fingerprint density at radius 2 is 1.78 bits per heavy atom. The van der Waals surface area contributed by atoms with Gasteiger partial charge in [-0.05, 0) is 24.8 Å². The van der Waals surface area contributed by atoms with Crippen LogP contribution in [-0.2, 0) is 0 Å². The molecule has 0 amide bonds. The Morgan fingerprint density at radius 3 is 2.28 bits per heavy atom. The van der Waals surface area contributed by atoms with Crippen molar-refractivity contribution in [2.45, 2.75) is 33.8 Å². The van der Waals surface area contributed by atoms with Crippen molar-refractivity contribution in [1.29, 1.82) is 0 Å². The predicted octanol–water partition coefficient (Wildman–Crippen LogP) is 4.72. The van der Waals surface area contributed by atoms with E-state index in [1.165, 1.54) is 0 Å². The van der Waals surface area contributed by atoms with Crippen LogP contribution in [-0.4, -0.2) is 11.7 Å². The van der Waals surface area contributed by atoms with Gasteiger partial charge in [-0.3, -0.25) is 0 Å². The van der Waals surface area contributed by atoms with E-state index in [0.717, 1.165) is 0 Å². The molecule has 0 aliphatic rings. The van der Waals surface area contributed by atoms with Crippen molar-refractivity contribution >= 4 is 23.2 Å². The fourth-order valence-electron chi connectivity index (χ4n) is 1.68. The molecule has 0 saturated heterocycles. The number of ether oxygens (including phenoxy) is 1. The quantitative estimate of drug-likeness (QED) is 0.850. The van der Waals surface area contributed by atoms with Crippen LogP contribution in [0.25, 0.3) is 0 Å². The average Bonchev–Trinajstić information content (AvgIpc) is 2.31. The summed E-state index contributed by atoms with van der Waals surface area (Å²) < 4.78 is 5.36. The van der Waals surface area contributed by atoms with E-state index in [4.69, 9.17) is 27.9 Å². The van der Waals surface area contributed by atoms with E-state index in [0.29, 0.717) is 33.9 Å². The molecule has 0 spiro atoms. The number of aliphatic hydroxyl groups is 1. The van der Waals surface area contributed by atoms with Crippen molar-refractivity contribution in [2.75, 3.05) is 6.61 Å². The van der Waals surface area contributed by atoms with Crippen molar-refractivity contribution in [1.82, 2.24) is 0 Å². The van der Waals surface area contributed by atoms with Crippen LogP contribution in [0.2, 0.25) is 10.0 Å². The van der Waals surface area contributed by atoms with Crippen LogP contribution in [0.3, 0.4) is 0 Å². The maximum atomic E-state index is 10.3. The Labute approximate surface area is 119 Å².